The summed E-state index contributed by atoms with van der Waals surface area (Å²) in [6, 6.07) is 0.152. The first kappa shape index (κ1) is 12.6. The molecule has 2 rings (SSSR count). The van der Waals surface area contributed by atoms with Crippen LogP contribution in [0, 0.1) is 5.92 Å². The van der Waals surface area contributed by atoms with Crippen LogP contribution in [0.5, 0.6) is 0 Å². The highest BCUT2D eigenvalue weighted by Gasteiger charge is 2.23. The van der Waals surface area contributed by atoms with Crippen LogP contribution < -0.4 is 5.32 Å². The molecule has 1 atom stereocenters. The number of piperidine rings is 1. The Morgan fingerprint density at radius 2 is 2.24 bits per heavy atom. The zero-order valence-corrected chi connectivity index (χ0v) is 10.7. The summed E-state index contributed by atoms with van der Waals surface area (Å²) in [6.45, 7) is 5.83. The van der Waals surface area contributed by atoms with Gasteiger partial charge in [-0.2, -0.15) is 0 Å². The van der Waals surface area contributed by atoms with Gasteiger partial charge in [-0.15, -0.1) is 0 Å². The van der Waals surface area contributed by atoms with Crippen LogP contribution >= 0.6 is 0 Å². The first-order valence-corrected chi connectivity index (χ1v) is 6.56. The number of hydrogen-bond acceptors (Lipinski definition) is 3. The molecule has 0 aromatic carbocycles. The summed E-state index contributed by atoms with van der Waals surface area (Å²) >= 11 is 0. The van der Waals surface area contributed by atoms with Crippen molar-refractivity contribution >= 4 is 6.03 Å². The van der Waals surface area contributed by atoms with Crippen LogP contribution in [0.2, 0.25) is 0 Å². The van der Waals surface area contributed by atoms with Crippen LogP contribution in [-0.2, 0) is 4.74 Å². The second kappa shape index (κ2) is 6.21. The predicted octanol–water partition coefficient (Wildman–Crippen LogP) is 0.370. The Morgan fingerprint density at radius 3 is 2.88 bits per heavy atom. The van der Waals surface area contributed by atoms with Crippen LogP contribution in [0.15, 0.2) is 0 Å². The second-order valence-corrected chi connectivity index (χ2v) is 4.97. The fourth-order valence-corrected chi connectivity index (χ4v) is 2.54. The molecule has 1 N–H and O–H groups in total. The molecule has 2 aliphatic rings. The van der Waals surface area contributed by atoms with E-state index in [1.165, 1.54) is 12.8 Å². The van der Waals surface area contributed by atoms with Crippen molar-refractivity contribution in [3.63, 3.8) is 0 Å². The average Bonchev–Trinajstić information content (AvgIpc) is 2.40. The minimum atomic E-state index is 0.152. The lowest BCUT2D eigenvalue weighted by Crippen LogP contribution is -2.49. The topological polar surface area (TPSA) is 44.8 Å². The van der Waals surface area contributed by atoms with Gasteiger partial charge in [0.2, 0.25) is 0 Å². The molecular weight excluding hydrogens is 218 g/mol. The van der Waals surface area contributed by atoms with Crippen molar-refractivity contribution in [3.05, 3.63) is 0 Å². The number of hydrogen-bond donors (Lipinski definition) is 1. The molecule has 17 heavy (non-hydrogen) atoms. The van der Waals surface area contributed by atoms with Crippen molar-refractivity contribution in [1.29, 1.82) is 0 Å². The third kappa shape index (κ3) is 3.57. The lowest BCUT2D eigenvalue weighted by atomic mass is 9.99. The Morgan fingerprint density at radius 1 is 1.47 bits per heavy atom. The molecule has 2 amide bonds. The van der Waals surface area contributed by atoms with Crippen molar-refractivity contribution < 1.29 is 9.53 Å². The molecule has 5 heteroatoms. The summed E-state index contributed by atoms with van der Waals surface area (Å²) in [4.78, 5) is 15.9. The van der Waals surface area contributed by atoms with Gasteiger partial charge in [-0.25, -0.2) is 4.79 Å². The lowest BCUT2D eigenvalue weighted by Gasteiger charge is -2.33. The molecule has 2 saturated heterocycles. The molecule has 2 heterocycles. The normalized spacial score (nSPS) is 25.7. The molecule has 0 aromatic heterocycles. The molecule has 0 aliphatic carbocycles. The van der Waals surface area contributed by atoms with Gasteiger partial charge in [0, 0.05) is 26.7 Å². The maximum atomic E-state index is 12.1. The largest absolute Gasteiger partial charge is 0.378 e. The molecule has 1 unspecified atom stereocenters. The van der Waals surface area contributed by atoms with E-state index in [-0.39, 0.29) is 6.03 Å². The van der Waals surface area contributed by atoms with Crippen LogP contribution in [0.1, 0.15) is 12.8 Å². The highest BCUT2D eigenvalue weighted by atomic mass is 16.5. The number of nitrogens with zero attached hydrogens (tertiary/aromatic N) is 2. The third-order valence-electron chi connectivity index (χ3n) is 3.54. The van der Waals surface area contributed by atoms with E-state index in [9.17, 15) is 4.79 Å². The Hall–Kier alpha value is -0.810. The minimum absolute atomic E-state index is 0.152. The zero-order chi connectivity index (χ0) is 12.1. The zero-order valence-electron chi connectivity index (χ0n) is 10.7. The molecule has 2 fully saturated rings. The third-order valence-corrected chi connectivity index (χ3v) is 3.54. The number of rotatable bonds is 2. The number of carbonyl (C=O) groups excluding carboxylic acids is 1. The molecule has 0 radical (unpaired) electrons. The number of ether oxygens (including phenoxy) is 1. The van der Waals surface area contributed by atoms with Crippen molar-refractivity contribution in [2.24, 2.45) is 5.92 Å². The molecule has 0 aromatic rings. The molecule has 0 saturated carbocycles. The number of urea groups is 1. The van der Waals surface area contributed by atoms with Gasteiger partial charge < -0.3 is 19.9 Å². The molecule has 0 bridgehead atoms. The monoisotopic (exact) mass is 241 g/mol. The van der Waals surface area contributed by atoms with Crippen molar-refractivity contribution in [2.75, 3.05) is 53.0 Å². The quantitative estimate of drug-likeness (QED) is 0.760. The van der Waals surface area contributed by atoms with Crippen LogP contribution in [0.4, 0.5) is 4.79 Å². The first-order valence-electron chi connectivity index (χ1n) is 6.56. The van der Waals surface area contributed by atoms with Crippen molar-refractivity contribution in [2.45, 2.75) is 12.8 Å². The van der Waals surface area contributed by atoms with Gasteiger partial charge in [0.1, 0.15) is 0 Å². The van der Waals surface area contributed by atoms with E-state index in [4.69, 9.17) is 4.74 Å². The van der Waals surface area contributed by atoms with Gasteiger partial charge in [0.25, 0.3) is 0 Å². The maximum absolute atomic E-state index is 12.1. The van der Waals surface area contributed by atoms with Crippen LogP contribution in [-0.4, -0.2) is 68.8 Å². The SMILES string of the molecule is CN(CC1CCCNC1)C(=O)N1CCOCC1. The van der Waals surface area contributed by atoms with E-state index >= 15 is 0 Å². The molecular formula is C12H23N3O2. The summed E-state index contributed by atoms with van der Waals surface area (Å²) in [7, 11) is 1.91. The van der Waals surface area contributed by atoms with Gasteiger partial charge in [0.15, 0.2) is 0 Å². The Bertz CT molecular complexity index is 248. The van der Waals surface area contributed by atoms with Crippen LogP contribution in [0.3, 0.4) is 0 Å². The number of morpholine rings is 1. The van der Waals surface area contributed by atoms with Crippen molar-refractivity contribution in [3.8, 4) is 0 Å². The summed E-state index contributed by atoms with van der Waals surface area (Å²) in [5.41, 5.74) is 0. The van der Waals surface area contributed by atoms with E-state index in [0.717, 1.165) is 32.7 Å². The number of carbonyl (C=O) groups is 1. The summed E-state index contributed by atoms with van der Waals surface area (Å²) in [6.07, 6.45) is 2.46. The predicted molar refractivity (Wildman–Crippen MR) is 66.0 cm³/mol. The van der Waals surface area contributed by atoms with E-state index in [2.05, 4.69) is 5.32 Å². The summed E-state index contributed by atoms with van der Waals surface area (Å²) < 4.78 is 5.26. The molecule has 5 nitrogen and oxygen atoms in total. The smallest absolute Gasteiger partial charge is 0.319 e. The number of amides is 2. The van der Waals surface area contributed by atoms with Crippen molar-refractivity contribution in [1.82, 2.24) is 15.1 Å². The Labute approximate surface area is 103 Å². The highest BCUT2D eigenvalue weighted by Crippen LogP contribution is 2.12. The average molecular weight is 241 g/mol. The van der Waals surface area contributed by atoms with Gasteiger partial charge in [0.05, 0.1) is 13.2 Å². The van der Waals surface area contributed by atoms with E-state index in [1.54, 1.807) is 0 Å². The fraction of sp³-hybridized carbons (Fsp3) is 0.917. The Balaban J connectivity index is 1.77. The van der Waals surface area contributed by atoms with E-state index in [0.29, 0.717) is 19.1 Å². The second-order valence-electron chi connectivity index (χ2n) is 4.97. The highest BCUT2D eigenvalue weighted by molar-refractivity contribution is 5.74. The first-order chi connectivity index (χ1) is 8.27. The van der Waals surface area contributed by atoms with Gasteiger partial charge >= 0.3 is 6.03 Å². The standard InChI is InChI=1S/C12H23N3O2/c1-14(10-11-3-2-4-13-9-11)12(16)15-5-7-17-8-6-15/h11,13H,2-10H2,1H3. The Kier molecular flexibility index (Phi) is 4.62. The van der Waals surface area contributed by atoms with Crippen LogP contribution in [0.25, 0.3) is 0 Å². The van der Waals surface area contributed by atoms with E-state index < -0.39 is 0 Å². The minimum Gasteiger partial charge on any atom is -0.378 e. The molecule has 98 valence electrons. The van der Waals surface area contributed by atoms with Gasteiger partial charge in [-0.05, 0) is 31.8 Å². The number of nitrogens with one attached hydrogen (secondary N) is 1. The molecule has 2 aliphatic heterocycles. The van der Waals surface area contributed by atoms with E-state index in [1.807, 2.05) is 16.8 Å². The maximum Gasteiger partial charge on any atom is 0.319 e. The van der Waals surface area contributed by atoms with Gasteiger partial charge in [-0.3, -0.25) is 0 Å². The molecule has 0 spiro atoms. The summed E-state index contributed by atoms with van der Waals surface area (Å²) in [5, 5.41) is 3.39. The lowest BCUT2D eigenvalue weighted by molar-refractivity contribution is 0.0439. The van der Waals surface area contributed by atoms with Gasteiger partial charge in [-0.1, -0.05) is 0 Å². The fourth-order valence-electron chi connectivity index (χ4n) is 2.54. The summed E-state index contributed by atoms with van der Waals surface area (Å²) in [5.74, 6) is 0.610.